The number of aromatic nitrogens is 2. The van der Waals surface area contributed by atoms with Crippen LogP contribution < -0.4 is 0 Å². The molecule has 0 fully saturated rings. The van der Waals surface area contributed by atoms with Crippen LogP contribution in [-0.4, -0.2) is 15.6 Å². The van der Waals surface area contributed by atoms with Gasteiger partial charge in [-0.1, -0.05) is 11.6 Å². The summed E-state index contributed by atoms with van der Waals surface area (Å²) in [5.41, 5.74) is 0.951. The van der Waals surface area contributed by atoms with Gasteiger partial charge in [0.05, 0.1) is 16.8 Å². The summed E-state index contributed by atoms with van der Waals surface area (Å²) < 4.78 is 7.01. The fourth-order valence-corrected chi connectivity index (χ4v) is 2.15. The molecule has 0 atom stereocenters. The van der Waals surface area contributed by atoms with Gasteiger partial charge in [0, 0.05) is 6.04 Å². The molecule has 0 unspecified atom stereocenters. The molecule has 4 nitrogen and oxygen atoms in total. The van der Waals surface area contributed by atoms with Crippen molar-refractivity contribution in [3.05, 3.63) is 40.1 Å². The highest BCUT2D eigenvalue weighted by Gasteiger charge is 2.23. The van der Waals surface area contributed by atoms with E-state index in [1.807, 2.05) is 20.8 Å². The molecule has 2 heterocycles. The first-order valence-electron chi connectivity index (χ1n) is 5.76. The van der Waals surface area contributed by atoms with Crippen molar-refractivity contribution in [2.75, 3.05) is 0 Å². The van der Waals surface area contributed by atoms with Gasteiger partial charge in [-0.2, -0.15) is 5.10 Å². The van der Waals surface area contributed by atoms with Gasteiger partial charge in [0.2, 0.25) is 5.78 Å². The van der Waals surface area contributed by atoms with Crippen LogP contribution in [0.4, 0.5) is 0 Å². The molecule has 2 aromatic rings. The van der Waals surface area contributed by atoms with E-state index in [-0.39, 0.29) is 11.8 Å². The summed E-state index contributed by atoms with van der Waals surface area (Å²) >= 11 is 6.06. The zero-order valence-corrected chi connectivity index (χ0v) is 11.6. The van der Waals surface area contributed by atoms with Gasteiger partial charge < -0.3 is 4.42 Å². The summed E-state index contributed by atoms with van der Waals surface area (Å²) in [6, 6.07) is 1.80. The van der Waals surface area contributed by atoms with E-state index in [0.29, 0.717) is 27.8 Å². The minimum absolute atomic E-state index is 0.0738. The van der Waals surface area contributed by atoms with E-state index < -0.39 is 0 Å². The number of rotatable bonds is 3. The number of aryl methyl sites for hydroxylation is 2. The molecule has 0 radical (unpaired) electrons. The third kappa shape index (κ3) is 2.08. The standard InChI is InChI=1S/C13H15ClN2O2/c1-7(2)16-12(11(14)6-15-16)13(17)10-5-8(3)18-9(10)4/h5-7H,1-4H3. The molecule has 2 rings (SSSR count). The van der Waals surface area contributed by atoms with Crippen LogP contribution in [0.25, 0.3) is 0 Å². The summed E-state index contributed by atoms with van der Waals surface area (Å²) in [5.74, 6) is 1.16. The molecule has 0 saturated heterocycles. The third-order valence-corrected chi connectivity index (χ3v) is 3.02. The smallest absolute Gasteiger partial charge is 0.216 e. The second-order valence-corrected chi connectivity index (χ2v) is 4.94. The average Bonchev–Trinajstić information content (AvgIpc) is 2.81. The molecule has 5 heteroatoms. The van der Waals surface area contributed by atoms with Crippen LogP contribution in [0.15, 0.2) is 16.7 Å². The first-order valence-corrected chi connectivity index (χ1v) is 6.14. The number of ketones is 1. The number of carbonyl (C=O) groups is 1. The van der Waals surface area contributed by atoms with Gasteiger partial charge in [-0.15, -0.1) is 0 Å². The average molecular weight is 267 g/mol. The molecule has 0 aliphatic heterocycles. The quantitative estimate of drug-likeness (QED) is 0.798. The lowest BCUT2D eigenvalue weighted by Gasteiger charge is -2.09. The minimum Gasteiger partial charge on any atom is -0.466 e. The van der Waals surface area contributed by atoms with Crippen LogP contribution in [0.3, 0.4) is 0 Å². The van der Waals surface area contributed by atoms with Crippen molar-refractivity contribution in [2.24, 2.45) is 0 Å². The Balaban J connectivity index is 2.52. The van der Waals surface area contributed by atoms with Gasteiger partial charge in [-0.05, 0) is 33.8 Å². The minimum atomic E-state index is -0.152. The van der Waals surface area contributed by atoms with Crippen molar-refractivity contribution >= 4 is 17.4 Å². The summed E-state index contributed by atoms with van der Waals surface area (Å²) in [4.78, 5) is 12.5. The van der Waals surface area contributed by atoms with E-state index in [2.05, 4.69) is 5.10 Å². The first kappa shape index (κ1) is 12.9. The summed E-state index contributed by atoms with van der Waals surface area (Å²) in [6.45, 7) is 7.48. The van der Waals surface area contributed by atoms with Crippen LogP contribution in [0.1, 0.15) is 47.5 Å². The molecule has 0 N–H and O–H groups in total. The number of hydrogen-bond donors (Lipinski definition) is 0. The second-order valence-electron chi connectivity index (χ2n) is 4.54. The van der Waals surface area contributed by atoms with Crippen molar-refractivity contribution in [1.29, 1.82) is 0 Å². The molecule has 0 aromatic carbocycles. The molecular formula is C13H15ClN2O2. The predicted octanol–water partition coefficient (Wildman–Crippen LogP) is 3.56. The molecule has 2 aromatic heterocycles. The van der Waals surface area contributed by atoms with Crippen molar-refractivity contribution in [3.63, 3.8) is 0 Å². The molecule has 0 amide bonds. The Morgan fingerprint density at radius 1 is 1.44 bits per heavy atom. The number of furan rings is 1. The summed E-state index contributed by atoms with van der Waals surface area (Å²) in [6.07, 6.45) is 1.50. The van der Waals surface area contributed by atoms with E-state index >= 15 is 0 Å². The SMILES string of the molecule is Cc1cc(C(=O)c2c(Cl)cnn2C(C)C)c(C)o1. The Labute approximate surface area is 111 Å². The topological polar surface area (TPSA) is 48.0 Å². The van der Waals surface area contributed by atoms with E-state index in [1.54, 1.807) is 17.7 Å². The van der Waals surface area contributed by atoms with E-state index in [0.717, 1.165) is 0 Å². The van der Waals surface area contributed by atoms with Crippen LogP contribution in [0.5, 0.6) is 0 Å². The van der Waals surface area contributed by atoms with E-state index in [1.165, 1.54) is 6.20 Å². The van der Waals surface area contributed by atoms with Gasteiger partial charge >= 0.3 is 0 Å². The Kier molecular flexibility index (Phi) is 3.30. The lowest BCUT2D eigenvalue weighted by atomic mass is 10.1. The van der Waals surface area contributed by atoms with Crippen molar-refractivity contribution in [2.45, 2.75) is 33.7 Å². The lowest BCUT2D eigenvalue weighted by molar-refractivity contribution is 0.102. The maximum Gasteiger partial charge on any atom is 0.216 e. The highest BCUT2D eigenvalue weighted by molar-refractivity contribution is 6.34. The molecule has 18 heavy (non-hydrogen) atoms. The lowest BCUT2D eigenvalue weighted by Crippen LogP contribution is -2.14. The van der Waals surface area contributed by atoms with Gasteiger partial charge in [0.15, 0.2) is 0 Å². The number of carbonyl (C=O) groups excluding carboxylic acids is 1. The Hall–Kier alpha value is -1.55. The molecule has 0 aliphatic carbocycles. The van der Waals surface area contributed by atoms with E-state index in [9.17, 15) is 4.79 Å². The van der Waals surface area contributed by atoms with Gasteiger partial charge in [-0.3, -0.25) is 9.48 Å². The maximum absolute atomic E-state index is 12.5. The van der Waals surface area contributed by atoms with Crippen molar-refractivity contribution in [1.82, 2.24) is 9.78 Å². The fourth-order valence-electron chi connectivity index (χ4n) is 1.93. The molecule has 96 valence electrons. The van der Waals surface area contributed by atoms with Gasteiger partial charge in [-0.25, -0.2) is 0 Å². The monoisotopic (exact) mass is 266 g/mol. The maximum atomic E-state index is 12.5. The number of halogens is 1. The predicted molar refractivity (Wildman–Crippen MR) is 69.2 cm³/mol. The zero-order valence-electron chi connectivity index (χ0n) is 10.8. The molecule has 0 saturated carbocycles. The Bertz CT molecular complexity index is 596. The second kappa shape index (κ2) is 4.61. The first-order chi connectivity index (χ1) is 8.41. The van der Waals surface area contributed by atoms with Crippen LogP contribution in [0.2, 0.25) is 5.02 Å². The molecule has 0 aliphatic rings. The third-order valence-electron chi connectivity index (χ3n) is 2.74. The van der Waals surface area contributed by atoms with Crippen LogP contribution in [-0.2, 0) is 0 Å². The summed E-state index contributed by atoms with van der Waals surface area (Å²) in [5, 5.41) is 4.50. The largest absolute Gasteiger partial charge is 0.466 e. The van der Waals surface area contributed by atoms with Gasteiger partial charge in [0.25, 0.3) is 0 Å². The van der Waals surface area contributed by atoms with Crippen molar-refractivity contribution in [3.8, 4) is 0 Å². The Morgan fingerprint density at radius 3 is 2.61 bits per heavy atom. The summed E-state index contributed by atoms with van der Waals surface area (Å²) in [7, 11) is 0. The number of hydrogen-bond acceptors (Lipinski definition) is 3. The fraction of sp³-hybridized carbons (Fsp3) is 0.385. The normalized spacial score (nSPS) is 11.2. The Morgan fingerprint density at radius 2 is 2.11 bits per heavy atom. The highest BCUT2D eigenvalue weighted by atomic mass is 35.5. The number of nitrogens with zero attached hydrogens (tertiary/aromatic N) is 2. The highest BCUT2D eigenvalue weighted by Crippen LogP contribution is 2.24. The van der Waals surface area contributed by atoms with Crippen LogP contribution >= 0.6 is 11.6 Å². The van der Waals surface area contributed by atoms with Gasteiger partial charge in [0.1, 0.15) is 17.2 Å². The van der Waals surface area contributed by atoms with E-state index in [4.69, 9.17) is 16.0 Å². The van der Waals surface area contributed by atoms with Crippen LogP contribution in [0, 0.1) is 13.8 Å². The molecule has 0 bridgehead atoms. The zero-order chi connectivity index (χ0) is 13.4. The molecule has 0 spiro atoms. The van der Waals surface area contributed by atoms with Crippen molar-refractivity contribution < 1.29 is 9.21 Å². The molecular weight excluding hydrogens is 252 g/mol.